The number of benzene rings is 1. The normalized spacial score (nSPS) is 19.3. The highest BCUT2D eigenvalue weighted by atomic mass is 16.5. The molecular weight excluding hydrogens is 334 g/mol. The molecule has 2 amide bonds. The minimum atomic E-state index is -0.291. The van der Waals surface area contributed by atoms with Crippen molar-refractivity contribution in [3.63, 3.8) is 0 Å². The molecule has 1 unspecified atom stereocenters. The van der Waals surface area contributed by atoms with E-state index >= 15 is 0 Å². The summed E-state index contributed by atoms with van der Waals surface area (Å²) >= 11 is 0. The quantitative estimate of drug-likeness (QED) is 0.908. The lowest BCUT2D eigenvalue weighted by molar-refractivity contribution is -0.117. The molecule has 26 heavy (non-hydrogen) atoms. The second-order valence-electron chi connectivity index (χ2n) is 6.69. The fourth-order valence-corrected chi connectivity index (χ4v) is 3.71. The average Bonchev–Trinajstić information content (AvgIpc) is 3.25. The zero-order valence-corrected chi connectivity index (χ0v) is 14.7. The highest BCUT2D eigenvalue weighted by molar-refractivity contribution is 5.99. The molecule has 1 aromatic carbocycles. The number of carbonyl (C=O) groups excluding carboxylic acids is 2. The summed E-state index contributed by atoms with van der Waals surface area (Å²) in [4.78, 5) is 26.7. The molecule has 2 aliphatic rings. The van der Waals surface area contributed by atoms with Crippen LogP contribution in [-0.2, 0) is 17.6 Å². The molecule has 0 spiro atoms. The minimum Gasteiger partial charge on any atom is -0.495 e. The van der Waals surface area contributed by atoms with E-state index in [0.717, 1.165) is 36.9 Å². The SMILES string of the molecule is COc1ccccc1N1CC(NC(=O)c2onc3c2CCCC3)CC1=O. The van der Waals surface area contributed by atoms with Crippen molar-refractivity contribution in [1.82, 2.24) is 10.5 Å². The summed E-state index contributed by atoms with van der Waals surface area (Å²) in [6.07, 6.45) is 4.04. The Labute approximate surface area is 151 Å². The molecule has 1 fully saturated rings. The third-order valence-electron chi connectivity index (χ3n) is 5.00. The van der Waals surface area contributed by atoms with Crippen molar-refractivity contribution in [3.05, 3.63) is 41.3 Å². The summed E-state index contributed by atoms with van der Waals surface area (Å²) in [5.41, 5.74) is 2.52. The molecule has 1 N–H and O–H groups in total. The highest BCUT2D eigenvalue weighted by Crippen LogP contribution is 2.31. The van der Waals surface area contributed by atoms with Gasteiger partial charge >= 0.3 is 0 Å². The van der Waals surface area contributed by atoms with Crippen LogP contribution in [0.2, 0.25) is 0 Å². The van der Waals surface area contributed by atoms with Crippen LogP contribution in [0.15, 0.2) is 28.8 Å². The second kappa shape index (κ2) is 6.82. The van der Waals surface area contributed by atoms with Crippen LogP contribution in [0.5, 0.6) is 5.75 Å². The summed E-state index contributed by atoms with van der Waals surface area (Å²) in [6.45, 7) is 0.404. The second-order valence-corrected chi connectivity index (χ2v) is 6.69. The Morgan fingerprint density at radius 1 is 1.31 bits per heavy atom. The number of aromatic nitrogens is 1. The fourth-order valence-electron chi connectivity index (χ4n) is 3.71. The first-order chi connectivity index (χ1) is 12.7. The number of aryl methyl sites for hydroxylation is 1. The van der Waals surface area contributed by atoms with E-state index in [1.54, 1.807) is 12.0 Å². The van der Waals surface area contributed by atoms with Gasteiger partial charge in [0.05, 0.1) is 24.5 Å². The molecule has 1 saturated heterocycles. The summed E-state index contributed by atoms with van der Waals surface area (Å²) < 4.78 is 10.6. The predicted molar refractivity (Wildman–Crippen MR) is 94.4 cm³/mol. The maximum Gasteiger partial charge on any atom is 0.290 e. The number of fused-ring (bicyclic) bond motifs is 1. The fraction of sp³-hybridized carbons (Fsp3) is 0.421. The molecule has 1 aliphatic heterocycles. The molecular formula is C19H21N3O4. The van der Waals surface area contributed by atoms with Gasteiger partial charge in [-0.1, -0.05) is 17.3 Å². The number of carbonyl (C=O) groups is 2. The number of methoxy groups -OCH3 is 1. The van der Waals surface area contributed by atoms with Crippen LogP contribution in [-0.4, -0.2) is 36.7 Å². The molecule has 0 saturated carbocycles. The van der Waals surface area contributed by atoms with Crippen LogP contribution >= 0.6 is 0 Å². The largest absolute Gasteiger partial charge is 0.495 e. The first-order valence-electron chi connectivity index (χ1n) is 8.89. The van der Waals surface area contributed by atoms with Crippen molar-refractivity contribution in [2.24, 2.45) is 0 Å². The number of hydrogen-bond acceptors (Lipinski definition) is 5. The number of rotatable bonds is 4. The predicted octanol–water partition coefficient (Wildman–Crippen LogP) is 2.10. The van der Waals surface area contributed by atoms with E-state index in [1.807, 2.05) is 24.3 Å². The van der Waals surface area contributed by atoms with E-state index in [9.17, 15) is 9.59 Å². The molecule has 1 aliphatic carbocycles. The van der Waals surface area contributed by atoms with Gasteiger partial charge in [0, 0.05) is 18.5 Å². The molecule has 1 aromatic heterocycles. The van der Waals surface area contributed by atoms with E-state index < -0.39 is 0 Å². The van der Waals surface area contributed by atoms with Gasteiger partial charge in [0.1, 0.15) is 5.75 Å². The van der Waals surface area contributed by atoms with Gasteiger partial charge in [0.15, 0.2) is 0 Å². The molecule has 0 radical (unpaired) electrons. The van der Waals surface area contributed by atoms with Crippen molar-refractivity contribution in [3.8, 4) is 5.75 Å². The Morgan fingerprint density at radius 3 is 2.96 bits per heavy atom. The van der Waals surface area contributed by atoms with Gasteiger partial charge in [0.25, 0.3) is 5.91 Å². The van der Waals surface area contributed by atoms with Crippen LogP contribution in [0.1, 0.15) is 41.1 Å². The monoisotopic (exact) mass is 355 g/mol. The van der Waals surface area contributed by atoms with Crippen LogP contribution in [0, 0.1) is 0 Å². The number of hydrogen-bond donors (Lipinski definition) is 1. The first-order valence-corrected chi connectivity index (χ1v) is 8.89. The van der Waals surface area contributed by atoms with Gasteiger partial charge in [-0.3, -0.25) is 9.59 Å². The molecule has 1 atom stereocenters. The summed E-state index contributed by atoms with van der Waals surface area (Å²) in [5.74, 6) is 0.597. The lowest BCUT2D eigenvalue weighted by atomic mass is 9.96. The van der Waals surface area contributed by atoms with Crippen molar-refractivity contribution in [2.75, 3.05) is 18.6 Å². The maximum absolute atomic E-state index is 12.6. The van der Waals surface area contributed by atoms with Gasteiger partial charge in [0.2, 0.25) is 11.7 Å². The third kappa shape index (κ3) is 2.94. The Morgan fingerprint density at radius 2 is 2.12 bits per heavy atom. The number of nitrogens with one attached hydrogen (secondary N) is 1. The lowest BCUT2D eigenvalue weighted by Gasteiger charge is -2.19. The van der Waals surface area contributed by atoms with Crippen LogP contribution in [0.4, 0.5) is 5.69 Å². The maximum atomic E-state index is 12.6. The van der Waals surface area contributed by atoms with E-state index in [4.69, 9.17) is 9.26 Å². The Balaban J connectivity index is 1.48. The molecule has 2 heterocycles. The van der Waals surface area contributed by atoms with Crippen molar-refractivity contribution >= 4 is 17.5 Å². The zero-order valence-electron chi connectivity index (χ0n) is 14.7. The van der Waals surface area contributed by atoms with Gasteiger partial charge in [-0.05, 0) is 37.8 Å². The molecule has 7 nitrogen and oxygen atoms in total. The third-order valence-corrected chi connectivity index (χ3v) is 5.00. The van der Waals surface area contributed by atoms with Crippen LogP contribution < -0.4 is 15.0 Å². The molecule has 136 valence electrons. The summed E-state index contributed by atoms with van der Waals surface area (Å²) in [7, 11) is 1.58. The van der Waals surface area contributed by atoms with Crippen LogP contribution in [0.25, 0.3) is 0 Å². The van der Waals surface area contributed by atoms with Gasteiger partial charge in [-0.25, -0.2) is 0 Å². The van der Waals surface area contributed by atoms with E-state index in [0.29, 0.717) is 23.7 Å². The molecule has 2 aromatic rings. The number of para-hydroxylation sites is 2. The number of ether oxygens (including phenoxy) is 1. The van der Waals surface area contributed by atoms with Crippen molar-refractivity contribution in [2.45, 2.75) is 38.1 Å². The Kier molecular flexibility index (Phi) is 4.36. The van der Waals surface area contributed by atoms with Crippen LogP contribution in [0.3, 0.4) is 0 Å². The number of anilines is 1. The van der Waals surface area contributed by atoms with Gasteiger partial charge in [-0.2, -0.15) is 0 Å². The lowest BCUT2D eigenvalue weighted by Crippen LogP contribution is -2.37. The first kappa shape index (κ1) is 16.6. The Bertz CT molecular complexity index is 845. The summed E-state index contributed by atoms with van der Waals surface area (Å²) in [5, 5.41) is 6.95. The van der Waals surface area contributed by atoms with E-state index in [2.05, 4.69) is 10.5 Å². The number of nitrogens with zero attached hydrogens (tertiary/aromatic N) is 2. The highest BCUT2D eigenvalue weighted by Gasteiger charge is 2.34. The Hall–Kier alpha value is -2.83. The molecule has 7 heteroatoms. The van der Waals surface area contributed by atoms with E-state index in [1.165, 1.54) is 0 Å². The standard InChI is InChI=1S/C19H21N3O4/c1-25-16-9-5-4-8-15(16)22-11-12(10-17(22)23)20-19(24)18-13-6-2-3-7-14(13)21-26-18/h4-5,8-9,12H,2-3,6-7,10-11H2,1H3,(H,20,24). The van der Waals surface area contributed by atoms with Gasteiger partial charge < -0.3 is 19.5 Å². The number of amides is 2. The smallest absolute Gasteiger partial charge is 0.290 e. The van der Waals surface area contributed by atoms with Gasteiger partial charge in [-0.15, -0.1) is 0 Å². The van der Waals surface area contributed by atoms with E-state index in [-0.39, 0.29) is 24.3 Å². The average molecular weight is 355 g/mol. The van der Waals surface area contributed by atoms with Crippen molar-refractivity contribution < 1.29 is 18.8 Å². The van der Waals surface area contributed by atoms with Crippen molar-refractivity contribution in [1.29, 1.82) is 0 Å². The zero-order chi connectivity index (χ0) is 18.1. The topological polar surface area (TPSA) is 84.7 Å². The molecule has 4 rings (SSSR count). The molecule has 0 bridgehead atoms. The minimum absolute atomic E-state index is 0.0422. The summed E-state index contributed by atoms with van der Waals surface area (Å²) in [6, 6.07) is 7.10.